The van der Waals surface area contributed by atoms with E-state index in [2.05, 4.69) is 0 Å². The Labute approximate surface area is 162 Å². The average Bonchev–Trinajstić information content (AvgIpc) is 2.62. The van der Waals surface area contributed by atoms with Gasteiger partial charge in [0.1, 0.15) is 0 Å². The van der Waals surface area contributed by atoms with E-state index in [4.69, 9.17) is 5.73 Å². The van der Waals surface area contributed by atoms with E-state index in [-0.39, 0.29) is 11.8 Å². The van der Waals surface area contributed by atoms with Gasteiger partial charge in [0, 0.05) is 0 Å². The maximum Gasteiger partial charge on any atom is 0.303 e. The number of aliphatic carboxylic acids is 1. The van der Waals surface area contributed by atoms with Crippen LogP contribution < -0.4 is 5.73 Å². The van der Waals surface area contributed by atoms with Gasteiger partial charge in [0.2, 0.25) is 0 Å². The SMILES string of the molecule is NCC1(CC(=O)O)CCCCCCCCCCCCCCCCCCC1. The number of hydrogen-bond acceptors (Lipinski definition) is 2. The molecule has 154 valence electrons. The van der Waals surface area contributed by atoms with E-state index in [0.29, 0.717) is 6.54 Å². The lowest BCUT2D eigenvalue weighted by Gasteiger charge is -2.31. The van der Waals surface area contributed by atoms with Crippen LogP contribution >= 0.6 is 0 Å². The first-order valence-electron chi connectivity index (χ1n) is 11.6. The van der Waals surface area contributed by atoms with Crippen molar-refractivity contribution in [2.75, 3.05) is 6.54 Å². The van der Waals surface area contributed by atoms with Crippen LogP contribution in [0.1, 0.15) is 128 Å². The molecule has 1 aliphatic rings. The highest BCUT2D eigenvalue weighted by Crippen LogP contribution is 2.34. The molecule has 0 atom stereocenters. The molecule has 0 aromatic heterocycles. The van der Waals surface area contributed by atoms with Crippen molar-refractivity contribution in [1.82, 2.24) is 0 Å². The maximum atomic E-state index is 11.4. The van der Waals surface area contributed by atoms with Crippen molar-refractivity contribution in [2.24, 2.45) is 11.1 Å². The second-order valence-electron chi connectivity index (χ2n) is 8.79. The molecule has 3 heteroatoms. The van der Waals surface area contributed by atoms with Gasteiger partial charge in [-0.2, -0.15) is 0 Å². The van der Waals surface area contributed by atoms with Gasteiger partial charge in [-0.25, -0.2) is 0 Å². The van der Waals surface area contributed by atoms with Crippen molar-refractivity contribution in [3.63, 3.8) is 0 Å². The van der Waals surface area contributed by atoms with Gasteiger partial charge < -0.3 is 10.8 Å². The molecular formula is C23H45NO2. The highest BCUT2D eigenvalue weighted by atomic mass is 16.4. The molecule has 0 aliphatic heterocycles. The first-order chi connectivity index (χ1) is 12.7. The quantitative estimate of drug-likeness (QED) is 0.574. The first-order valence-corrected chi connectivity index (χ1v) is 11.6. The minimum absolute atomic E-state index is 0.160. The standard InChI is InChI=1S/C23H45NO2/c24-21-23(20-22(25)26)18-16-14-12-10-8-6-4-2-1-3-5-7-9-11-13-15-17-19-23/h1-21,24H2,(H,25,26). The number of rotatable bonds is 3. The lowest BCUT2D eigenvalue weighted by Crippen LogP contribution is -2.33. The number of hydrogen-bond donors (Lipinski definition) is 2. The molecule has 3 nitrogen and oxygen atoms in total. The summed E-state index contributed by atoms with van der Waals surface area (Å²) in [5.41, 5.74) is 5.92. The summed E-state index contributed by atoms with van der Waals surface area (Å²) in [6.07, 6.45) is 24.9. The van der Waals surface area contributed by atoms with Crippen LogP contribution in [0.2, 0.25) is 0 Å². The second-order valence-corrected chi connectivity index (χ2v) is 8.79. The summed E-state index contributed by atoms with van der Waals surface area (Å²) in [7, 11) is 0. The molecule has 1 aliphatic carbocycles. The molecule has 1 fully saturated rings. The fourth-order valence-corrected chi connectivity index (χ4v) is 4.55. The molecule has 0 bridgehead atoms. The first kappa shape index (κ1) is 23.5. The van der Waals surface area contributed by atoms with Crippen LogP contribution in [-0.4, -0.2) is 17.6 Å². The predicted octanol–water partition coefficient (Wildman–Crippen LogP) is 6.83. The zero-order valence-corrected chi connectivity index (χ0v) is 17.3. The predicted molar refractivity (Wildman–Crippen MR) is 111 cm³/mol. The van der Waals surface area contributed by atoms with Crippen LogP contribution in [0.4, 0.5) is 0 Å². The van der Waals surface area contributed by atoms with E-state index in [1.807, 2.05) is 0 Å². The lowest BCUT2D eigenvalue weighted by molar-refractivity contribution is -0.140. The van der Waals surface area contributed by atoms with E-state index >= 15 is 0 Å². The third-order valence-corrected chi connectivity index (χ3v) is 6.37. The van der Waals surface area contributed by atoms with Crippen molar-refractivity contribution in [3.05, 3.63) is 0 Å². The van der Waals surface area contributed by atoms with Crippen LogP contribution in [0, 0.1) is 5.41 Å². The average molecular weight is 368 g/mol. The monoisotopic (exact) mass is 367 g/mol. The summed E-state index contributed by atoms with van der Waals surface area (Å²) in [6, 6.07) is 0. The zero-order chi connectivity index (χ0) is 18.9. The fourth-order valence-electron chi connectivity index (χ4n) is 4.55. The summed E-state index contributed by atoms with van der Waals surface area (Å²) >= 11 is 0. The summed E-state index contributed by atoms with van der Waals surface area (Å²) in [4.78, 5) is 11.4. The number of carboxylic acid groups (broad SMARTS) is 1. The zero-order valence-electron chi connectivity index (χ0n) is 17.3. The number of carboxylic acids is 1. The topological polar surface area (TPSA) is 63.3 Å². The largest absolute Gasteiger partial charge is 0.481 e. The van der Waals surface area contributed by atoms with Crippen molar-refractivity contribution in [3.8, 4) is 0 Å². The van der Waals surface area contributed by atoms with Crippen LogP contribution in [-0.2, 0) is 4.79 Å². The summed E-state index contributed by atoms with van der Waals surface area (Å²) in [6.45, 7) is 0.527. The molecule has 0 aromatic rings. The van der Waals surface area contributed by atoms with Gasteiger partial charge in [0.15, 0.2) is 0 Å². The fraction of sp³-hybridized carbons (Fsp3) is 0.957. The summed E-state index contributed by atoms with van der Waals surface area (Å²) < 4.78 is 0. The smallest absolute Gasteiger partial charge is 0.303 e. The normalized spacial score (nSPS) is 23.1. The van der Waals surface area contributed by atoms with Crippen molar-refractivity contribution in [2.45, 2.75) is 128 Å². The van der Waals surface area contributed by atoms with E-state index in [9.17, 15) is 9.90 Å². The Kier molecular flexibility index (Phi) is 14.0. The van der Waals surface area contributed by atoms with E-state index < -0.39 is 5.97 Å². The molecule has 0 amide bonds. The second kappa shape index (κ2) is 15.5. The maximum absolute atomic E-state index is 11.4. The highest BCUT2D eigenvalue weighted by molar-refractivity contribution is 5.67. The third kappa shape index (κ3) is 11.9. The van der Waals surface area contributed by atoms with Crippen LogP contribution in [0.3, 0.4) is 0 Å². The van der Waals surface area contributed by atoms with Crippen molar-refractivity contribution >= 4 is 5.97 Å². The molecule has 0 aromatic carbocycles. The minimum atomic E-state index is -0.676. The van der Waals surface area contributed by atoms with E-state index in [0.717, 1.165) is 25.7 Å². The molecular weight excluding hydrogens is 322 g/mol. The number of carbonyl (C=O) groups is 1. The molecule has 0 spiro atoms. The Hall–Kier alpha value is -0.570. The van der Waals surface area contributed by atoms with Gasteiger partial charge >= 0.3 is 5.97 Å². The highest BCUT2D eigenvalue weighted by Gasteiger charge is 2.30. The van der Waals surface area contributed by atoms with Gasteiger partial charge in [-0.3, -0.25) is 4.79 Å². The van der Waals surface area contributed by atoms with Crippen molar-refractivity contribution in [1.29, 1.82) is 0 Å². The minimum Gasteiger partial charge on any atom is -0.481 e. The van der Waals surface area contributed by atoms with Gasteiger partial charge in [-0.15, -0.1) is 0 Å². The van der Waals surface area contributed by atoms with Gasteiger partial charge in [-0.05, 0) is 24.8 Å². The molecule has 1 saturated carbocycles. The third-order valence-electron chi connectivity index (χ3n) is 6.37. The summed E-state index contributed by atoms with van der Waals surface area (Å²) in [5, 5.41) is 9.35. The van der Waals surface area contributed by atoms with E-state index in [1.165, 1.54) is 96.3 Å². The Balaban J connectivity index is 2.43. The van der Waals surface area contributed by atoms with Crippen LogP contribution in [0.5, 0.6) is 0 Å². The van der Waals surface area contributed by atoms with Gasteiger partial charge in [0.25, 0.3) is 0 Å². The molecule has 1 rings (SSSR count). The molecule has 3 N–H and O–H groups in total. The Morgan fingerprint density at radius 2 is 0.885 bits per heavy atom. The Bertz CT molecular complexity index is 323. The van der Waals surface area contributed by atoms with Gasteiger partial charge in [-0.1, -0.05) is 109 Å². The summed E-state index contributed by atoms with van der Waals surface area (Å²) in [5.74, 6) is -0.676. The molecule has 0 saturated heterocycles. The Morgan fingerprint density at radius 1 is 0.615 bits per heavy atom. The molecule has 26 heavy (non-hydrogen) atoms. The molecule has 0 radical (unpaired) electrons. The lowest BCUT2D eigenvalue weighted by atomic mass is 9.75. The van der Waals surface area contributed by atoms with Crippen LogP contribution in [0.15, 0.2) is 0 Å². The van der Waals surface area contributed by atoms with E-state index in [1.54, 1.807) is 0 Å². The molecule has 0 heterocycles. The van der Waals surface area contributed by atoms with Crippen LogP contribution in [0.25, 0.3) is 0 Å². The van der Waals surface area contributed by atoms with Crippen molar-refractivity contribution < 1.29 is 9.90 Å². The van der Waals surface area contributed by atoms with Gasteiger partial charge in [0.05, 0.1) is 6.42 Å². The molecule has 0 unspecified atom stereocenters. The number of nitrogens with two attached hydrogens (primary N) is 1. The Morgan fingerprint density at radius 3 is 1.12 bits per heavy atom.